The maximum atomic E-state index is 13.4. The summed E-state index contributed by atoms with van der Waals surface area (Å²) in [7, 11) is 0. The highest BCUT2D eigenvalue weighted by atomic mass is 19.3. The summed E-state index contributed by atoms with van der Waals surface area (Å²) in [6.07, 6.45) is -0.261. The summed E-state index contributed by atoms with van der Waals surface area (Å²) in [5.41, 5.74) is 0.130. The Hall–Kier alpha value is -3.23. The molecule has 0 aromatic heterocycles. The maximum Gasteiger partial charge on any atom is 0.516 e. The van der Waals surface area contributed by atoms with E-state index in [-0.39, 0.29) is 18.6 Å². The predicted molar refractivity (Wildman–Crippen MR) is 105 cm³/mol. The van der Waals surface area contributed by atoms with Gasteiger partial charge in [-0.05, 0) is 42.3 Å². The Morgan fingerprint density at radius 2 is 1.84 bits per heavy atom. The Morgan fingerprint density at radius 1 is 1.19 bits per heavy atom. The van der Waals surface area contributed by atoms with Crippen LogP contribution in [0.25, 0.3) is 0 Å². The molecule has 1 aliphatic rings. The van der Waals surface area contributed by atoms with Crippen LogP contribution in [0.4, 0.5) is 18.0 Å². The van der Waals surface area contributed by atoms with Gasteiger partial charge in [0.15, 0.2) is 0 Å². The fraction of sp³-hybridized carbons (Fsp3) is 0.364. The molecule has 6 nitrogen and oxygen atoms in total. The third kappa shape index (κ3) is 5.28. The molecule has 166 valence electrons. The minimum atomic E-state index is -2.92. The highest BCUT2D eigenvalue weighted by Crippen LogP contribution is 2.40. The SMILES string of the molecule is C[C@@H](c1ccc(OC(F)F)cc1)N1CC[C@](CCC(=O)[OH2+])(c2ccc(F)cc2)OC1=O. The third-order valence-electron chi connectivity index (χ3n) is 5.46. The summed E-state index contributed by atoms with van der Waals surface area (Å²) in [5, 5.41) is 7.20. The molecule has 2 aromatic rings. The van der Waals surface area contributed by atoms with E-state index in [0.717, 1.165) is 0 Å². The molecule has 1 saturated heterocycles. The van der Waals surface area contributed by atoms with E-state index in [9.17, 15) is 22.8 Å². The number of carbonyl (C=O) groups excluding carboxylic acids is 2. The number of rotatable bonds is 8. The summed E-state index contributed by atoms with van der Waals surface area (Å²) in [4.78, 5) is 25.6. The van der Waals surface area contributed by atoms with Crippen LogP contribution in [0.1, 0.15) is 43.4 Å². The Balaban J connectivity index is 1.78. The zero-order valence-corrected chi connectivity index (χ0v) is 16.8. The molecule has 2 atom stereocenters. The maximum absolute atomic E-state index is 13.4. The van der Waals surface area contributed by atoms with Gasteiger partial charge >= 0.3 is 18.7 Å². The largest absolute Gasteiger partial charge is 0.565 e. The van der Waals surface area contributed by atoms with Crippen LogP contribution in [-0.2, 0) is 15.1 Å². The van der Waals surface area contributed by atoms with Gasteiger partial charge in [-0.25, -0.2) is 9.18 Å². The minimum Gasteiger partial charge on any atom is -0.565 e. The molecule has 0 saturated carbocycles. The Morgan fingerprint density at radius 3 is 2.39 bits per heavy atom. The van der Waals surface area contributed by atoms with E-state index in [2.05, 4.69) is 4.74 Å². The molecule has 2 N–H and O–H groups in total. The molecular formula is C22H23F3NO5+. The molecule has 1 amide bonds. The van der Waals surface area contributed by atoms with Crippen molar-refractivity contribution < 1.29 is 37.3 Å². The van der Waals surface area contributed by atoms with Crippen LogP contribution < -0.4 is 4.74 Å². The fourth-order valence-electron chi connectivity index (χ4n) is 3.72. The number of ether oxygens (including phenoxy) is 2. The second-order valence-corrected chi connectivity index (χ2v) is 7.36. The number of benzene rings is 2. The van der Waals surface area contributed by atoms with Crippen LogP contribution in [0.5, 0.6) is 5.75 Å². The third-order valence-corrected chi connectivity index (χ3v) is 5.46. The van der Waals surface area contributed by atoms with Crippen LogP contribution in [0.2, 0.25) is 0 Å². The Labute approximate surface area is 177 Å². The van der Waals surface area contributed by atoms with Crippen molar-refractivity contribution >= 4 is 12.1 Å². The molecule has 0 aliphatic carbocycles. The van der Waals surface area contributed by atoms with Crippen LogP contribution in [0.15, 0.2) is 48.5 Å². The number of halogens is 3. The van der Waals surface area contributed by atoms with E-state index in [0.29, 0.717) is 24.1 Å². The number of hydrogen-bond acceptors (Lipinski definition) is 4. The molecule has 3 rings (SSSR count). The van der Waals surface area contributed by atoms with Crippen LogP contribution in [0.3, 0.4) is 0 Å². The summed E-state index contributed by atoms with van der Waals surface area (Å²) in [6, 6.07) is 11.1. The molecule has 0 spiro atoms. The lowest BCUT2D eigenvalue weighted by Gasteiger charge is -2.43. The van der Waals surface area contributed by atoms with E-state index in [1.165, 1.54) is 41.3 Å². The number of nitrogens with zero attached hydrogens (tertiary/aromatic N) is 1. The van der Waals surface area contributed by atoms with E-state index in [1.54, 1.807) is 19.1 Å². The predicted octanol–water partition coefficient (Wildman–Crippen LogP) is 4.26. The molecular weight excluding hydrogens is 415 g/mol. The van der Waals surface area contributed by atoms with Crippen molar-refractivity contribution in [3.8, 4) is 5.75 Å². The van der Waals surface area contributed by atoms with Crippen molar-refractivity contribution in [3.05, 3.63) is 65.5 Å². The van der Waals surface area contributed by atoms with Crippen molar-refractivity contribution in [1.82, 2.24) is 4.90 Å². The van der Waals surface area contributed by atoms with Gasteiger partial charge in [-0.15, -0.1) is 0 Å². The van der Waals surface area contributed by atoms with Gasteiger partial charge in [0.25, 0.3) is 0 Å². The lowest BCUT2D eigenvalue weighted by molar-refractivity contribution is -0.139. The normalized spacial score (nSPS) is 19.8. The van der Waals surface area contributed by atoms with Crippen molar-refractivity contribution in [2.24, 2.45) is 0 Å². The quantitative estimate of drug-likeness (QED) is 0.577. The highest BCUT2D eigenvalue weighted by Gasteiger charge is 2.44. The lowest BCUT2D eigenvalue weighted by atomic mass is 9.84. The molecule has 31 heavy (non-hydrogen) atoms. The number of alkyl halides is 2. The molecule has 0 radical (unpaired) electrons. The van der Waals surface area contributed by atoms with Gasteiger partial charge in [-0.1, -0.05) is 24.3 Å². The number of hydrogen-bond donors (Lipinski definition) is 0. The molecule has 0 unspecified atom stereocenters. The first-order valence-electron chi connectivity index (χ1n) is 9.75. The van der Waals surface area contributed by atoms with Gasteiger partial charge in [0.1, 0.15) is 23.6 Å². The highest BCUT2D eigenvalue weighted by molar-refractivity contribution is 5.71. The summed E-state index contributed by atoms with van der Waals surface area (Å²) >= 11 is 0. The summed E-state index contributed by atoms with van der Waals surface area (Å²) in [5.74, 6) is -1.20. The summed E-state index contributed by atoms with van der Waals surface area (Å²) in [6.45, 7) is -0.850. The lowest BCUT2D eigenvalue weighted by Crippen LogP contribution is -2.49. The fourth-order valence-corrected chi connectivity index (χ4v) is 3.72. The van der Waals surface area contributed by atoms with Gasteiger partial charge in [0.05, 0.1) is 6.04 Å². The van der Waals surface area contributed by atoms with Crippen LogP contribution >= 0.6 is 0 Å². The summed E-state index contributed by atoms with van der Waals surface area (Å²) < 4.78 is 48.1. The van der Waals surface area contributed by atoms with Gasteiger partial charge in [-0.2, -0.15) is 8.78 Å². The number of cyclic esters (lactones) is 1. The second-order valence-electron chi connectivity index (χ2n) is 7.36. The molecule has 1 fully saturated rings. The first-order valence-corrected chi connectivity index (χ1v) is 9.75. The Kier molecular flexibility index (Phi) is 6.72. The van der Waals surface area contributed by atoms with Gasteiger partial charge in [-0.3, -0.25) is 0 Å². The Bertz CT molecular complexity index is 920. The molecule has 1 heterocycles. The molecule has 9 heteroatoms. The first-order chi connectivity index (χ1) is 14.7. The van der Waals surface area contributed by atoms with Gasteiger partial charge < -0.3 is 19.5 Å². The second kappa shape index (κ2) is 9.28. The zero-order valence-electron chi connectivity index (χ0n) is 16.8. The molecule has 2 aromatic carbocycles. The van der Waals surface area contributed by atoms with Crippen LogP contribution in [0, 0.1) is 5.82 Å². The van der Waals surface area contributed by atoms with Gasteiger partial charge in [0.2, 0.25) is 0 Å². The van der Waals surface area contributed by atoms with E-state index in [4.69, 9.17) is 9.84 Å². The van der Waals surface area contributed by atoms with Gasteiger partial charge in [0, 0.05) is 24.2 Å². The molecule has 0 bridgehead atoms. The van der Waals surface area contributed by atoms with Crippen molar-refractivity contribution in [1.29, 1.82) is 0 Å². The topological polar surface area (TPSA) is 78.7 Å². The van der Waals surface area contributed by atoms with E-state index >= 15 is 0 Å². The standard InChI is InChI=1S/C22H22F3NO5/c1-14(15-2-8-18(9-3-15)30-20(24)25)26-13-12-22(31-21(26)29,11-10-19(27)28)16-4-6-17(23)7-5-16/h2-9,14,20H,10-13H2,1H3,(H,27,28)/p+1/t14-,22+/m0/s1. The average Bonchev–Trinajstić information content (AvgIpc) is 2.72. The van der Waals surface area contributed by atoms with E-state index in [1.807, 2.05) is 0 Å². The monoisotopic (exact) mass is 438 g/mol. The first kappa shape index (κ1) is 22.5. The van der Waals surface area contributed by atoms with Crippen LogP contribution in [-0.4, -0.2) is 35.2 Å². The average molecular weight is 438 g/mol. The van der Waals surface area contributed by atoms with Crippen molar-refractivity contribution in [3.63, 3.8) is 0 Å². The smallest absolute Gasteiger partial charge is 0.516 e. The van der Waals surface area contributed by atoms with E-state index < -0.39 is 36.1 Å². The number of carbonyl (C=O) groups is 2. The number of amides is 1. The minimum absolute atomic E-state index is 0.0163. The van der Waals surface area contributed by atoms with Crippen molar-refractivity contribution in [2.75, 3.05) is 6.54 Å². The van der Waals surface area contributed by atoms with Crippen molar-refractivity contribution in [2.45, 2.75) is 44.4 Å². The molecule has 1 aliphatic heterocycles. The zero-order chi connectivity index (χ0) is 22.6.